The molecule has 2 atom stereocenters. The van der Waals surface area contributed by atoms with Crippen LogP contribution in [0.4, 0.5) is 0 Å². The van der Waals surface area contributed by atoms with Crippen molar-refractivity contribution < 1.29 is 40.2 Å². The first-order valence-corrected chi connectivity index (χ1v) is 12.4. The van der Waals surface area contributed by atoms with Gasteiger partial charge in [-0.2, -0.15) is 0 Å². The molecule has 0 radical (unpaired) electrons. The van der Waals surface area contributed by atoms with Crippen LogP contribution in [0.5, 0.6) is 23.5 Å². The van der Waals surface area contributed by atoms with Gasteiger partial charge in [-0.05, 0) is 38.5 Å². The van der Waals surface area contributed by atoms with Gasteiger partial charge in [0.05, 0.1) is 0 Å². The van der Waals surface area contributed by atoms with Gasteiger partial charge in [0.1, 0.15) is 10.5 Å². The molecule has 2 rings (SSSR count). The lowest BCUT2D eigenvalue weighted by Crippen LogP contribution is -2.19. The number of aliphatic carboxylic acids is 2. The largest absolute Gasteiger partial charge is 0.494 e. The fourth-order valence-electron chi connectivity index (χ4n) is 3.11. The molecular weight excluding hydrogens is 460 g/mol. The minimum absolute atomic E-state index is 0.0614. The summed E-state index contributed by atoms with van der Waals surface area (Å²) in [6, 6.07) is 5.49. The number of hydrogen-bond acceptors (Lipinski definition) is 8. The Morgan fingerprint density at radius 2 is 0.969 bits per heavy atom. The molecule has 6 N–H and O–H groups in total. The molecule has 0 bridgehead atoms. The van der Waals surface area contributed by atoms with Crippen LogP contribution in [0.3, 0.4) is 0 Å². The number of aromatic hydroxyl groups is 4. The van der Waals surface area contributed by atoms with Gasteiger partial charge >= 0.3 is 11.9 Å². The highest BCUT2D eigenvalue weighted by Crippen LogP contribution is 2.36. The molecule has 0 fully saturated rings. The summed E-state index contributed by atoms with van der Waals surface area (Å²) in [6.07, 6.45) is 2.81. The van der Waals surface area contributed by atoms with Gasteiger partial charge in [-0.3, -0.25) is 18.7 Å². The quantitative estimate of drug-likeness (QED) is 0.161. The summed E-state index contributed by atoms with van der Waals surface area (Å²) in [5.74, 6) is -2.28. The Hall–Kier alpha value is -2.60. The summed E-state index contributed by atoms with van der Waals surface area (Å²) < 4.78 is 2.65. The standard InChI is InChI=1S/C20H28N2O8S2/c23-15-7-8-16(24)21(15)11-3-1-5-13(19(27)28)31-32-14(20(29)30)6-2-4-12-22-17(25)9-10-18(22)26/h7-10,13-14,23-26H,1-6,11-12H2,(H,27,28)(H,29,30). The summed E-state index contributed by atoms with van der Waals surface area (Å²) in [5, 5.41) is 55.8. The highest BCUT2D eigenvalue weighted by atomic mass is 33.1. The van der Waals surface area contributed by atoms with E-state index in [1.54, 1.807) is 0 Å². The summed E-state index contributed by atoms with van der Waals surface area (Å²) in [6.45, 7) is 0.693. The maximum atomic E-state index is 11.6. The van der Waals surface area contributed by atoms with Gasteiger partial charge in [-0.25, -0.2) is 0 Å². The minimum Gasteiger partial charge on any atom is -0.494 e. The zero-order valence-corrected chi connectivity index (χ0v) is 19.0. The molecule has 0 amide bonds. The van der Waals surface area contributed by atoms with E-state index in [0.29, 0.717) is 51.6 Å². The number of carbonyl (C=O) groups is 2. The summed E-state index contributed by atoms with van der Waals surface area (Å²) >= 11 is 0. The van der Waals surface area contributed by atoms with Crippen LogP contribution < -0.4 is 0 Å². The summed E-state index contributed by atoms with van der Waals surface area (Å²) in [4.78, 5) is 23.1. The van der Waals surface area contributed by atoms with E-state index in [1.807, 2.05) is 0 Å². The van der Waals surface area contributed by atoms with Crippen LogP contribution in [-0.4, -0.2) is 62.2 Å². The van der Waals surface area contributed by atoms with Crippen molar-refractivity contribution >= 4 is 33.5 Å². The van der Waals surface area contributed by atoms with Gasteiger partial charge in [0, 0.05) is 37.4 Å². The predicted molar refractivity (Wildman–Crippen MR) is 121 cm³/mol. The van der Waals surface area contributed by atoms with E-state index in [1.165, 1.54) is 33.4 Å². The molecule has 0 saturated carbocycles. The van der Waals surface area contributed by atoms with Crippen molar-refractivity contribution in [2.45, 2.75) is 62.1 Å². The number of carboxylic acids is 2. The third kappa shape index (κ3) is 7.52. The van der Waals surface area contributed by atoms with Gasteiger partial charge in [-0.1, -0.05) is 21.6 Å². The first-order chi connectivity index (χ1) is 15.2. The molecule has 0 aromatic carbocycles. The van der Waals surface area contributed by atoms with Crippen molar-refractivity contribution in [3.63, 3.8) is 0 Å². The number of rotatable bonds is 15. The smallest absolute Gasteiger partial charge is 0.317 e. The van der Waals surface area contributed by atoms with Crippen LogP contribution in [0.2, 0.25) is 0 Å². The van der Waals surface area contributed by atoms with Gasteiger partial charge < -0.3 is 30.6 Å². The van der Waals surface area contributed by atoms with Crippen molar-refractivity contribution in [3.05, 3.63) is 24.3 Å². The van der Waals surface area contributed by atoms with Crippen LogP contribution in [0.15, 0.2) is 24.3 Å². The van der Waals surface area contributed by atoms with Crippen LogP contribution in [0.25, 0.3) is 0 Å². The average molecular weight is 489 g/mol. The van der Waals surface area contributed by atoms with Crippen LogP contribution in [-0.2, 0) is 22.7 Å². The topological polar surface area (TPSA) is 165 Å². The maximum Gasteiger partial charge on any atom is 0.317 e. The molecule has 32 heavy (non-hydrogen) atoms. The lowest BCUT2D eigenvalue weighted by molar-refractivity contribution is -0.137. The Morgan fingerprint density at radius 1 is 0.656 bits per heavy atom. The van der Waals surface area contributed by atoms with Gasteiger partial charge in [0.15, 0.2) is 23.5 Å². The Kier molecular flexibility index (Phi) is 9.97. The van der Waals surface area contributed by atoms with Crippen molar-refractivity contribution in [1.29, 1.82) is 0 Å². The molecule has 2 heterocycles. The van der Waals surface area contributed by atoms with Crippen molar-refractivity contribution in [3.8, 4) is 23.5 Å². The third-order valence-corrected chi connectivity index (χ3v) is 8.08. The highest BCUT2D eigenvalue weighted by molar-refractivity contribution is 8.77. The second-order valence-corrected chi connectivity index (χ2v) is 9.92. The number of nitrogens with zero attached hydrogens (tertiary/aromatic N) is 2. The number of hydrogen-bond donors (Lipinski definition) is 6. The highest BCUT2D eigenvalue weighted by Gasteiger charge is 2.24. The Morgan fingerprint density at radius 3 is 1.25 bits per heavy atom. The van der Waals surface area contributed by atoms with Crippen LogP contribution >= 0.6 is 21.6 Å². The van der Waals surface area contributed by atoms with Crippen molar-refractivity contribution in [2.75, 3.05) is 0 Å². The lowest BCUT2D eigenvalue weighted by Gasteiger charge is -2.16. The Bertz CT molecular complexity index is 787. The van der Waals surface area contributed by atoms with Crippen LogP contribution in [0.1, 0.15) is 38.5 Å². The van der Waals surface area contributed by atoms with E-state index >= 15 is 0 Å². The first-order valence-electron chi connectivity index (χ1n) is 10.1. The number of carboxylic acid groups (broad SMARTS) is 2. The number of unbranched alkanes of at least 4 members (excludes halogenated alkanes) is 2. The minimum atomic E-state index is -1.02. The zero-order chi connectivity index (χ0) is 23.7. The van der Waals surface area contributed by atoms with E-state index in [4.69, 9.17) is 0 Å². The summed E-state index contributed by atoms with van der Waals surface area (Å²) in [7, 11) is 2.05. The fraction of sp³-hybridized carbons (Fsp3) is 0.500. The molecule has 0 aliphatic rings. The molecular formula is C20H28N2O8S2. The monoisotopic (exact) mass is 488 g/mol. The van der Waals surface area contributed by atoms with E-state index in [9.17, 15) is 40.2 Å². The molecule has 10 nitrogen and oxygen atoms in total. The molecule has 12 heteroatoms. The van der Waals surface area contributed by atoms with Gasteiger partial charge in [0.2, 0.25) is 0 Å². The number of aromatic nitrogens is 2. The van der Waals surface area contributed by atoms with E-state index in [2.05, 4.69) is 0 Å². The normalized spacial score (nSPS) is 13.1. The Balaban J connectivity index is 1.74. The van der Waals surface area contributed by atoms with Crippen molar-refractivity contribution in [1.82, 2.24) is 9.13 Å². The maximum absolute atomic E-state index is 11.6. The molecule has 2 unspecified atom stereocenters. The molecule has 0 saturated heterocycles. The lowest BCUT2D eigenvalue weighted by atomic mass is 10.2. The van der Waals surface area contributed by atoms with Gasteiger partial charge in [0.25, 0.3) is 0 Å². The molecule has 0 aliphatic carbocycles. The molecule has 2 aromatic rings. The van der Waals surface area contributed by atoms with Crippen LogP contribution in [0, 0.1) is 0 Å². The molecule has 0 aliphatic heterocycles. The molecule has 2 aromatic heterocycles. The Labute approximate surface area is 192 Å². The average Bonchev–Trinajstić information content (AvgIpc) is 3.23. The second-order valence-electron chi connectivity index (χ2n) is 7.24. The fourth-order valence-corrected chi connectivity index (χ4v) is 5.94. The molecule has 0 spiro atoms. The van der Waals surface area contributed by atoms with E-state index < -0.39 is 22.4 Å². The third-order valence-electron chi connectivity index (χ3n) is 4.90. The second kappa shape index (κ2) is 12.4. The molecule has 178 valence electrons. The van der Waals surface area contributed by atoms with E-state index in [-0.39, 0.29) is 23.5 Å². The summed E-state index contributed by atoms with van der Waals surface area (Å²) in [5.41, 5.74) is 0. The zero-order valence-electron chi connectivity index (χ0n) is 17.3. The SMILES string of the molecule is O=C(O)C(CCCCn1c(O)ccc1O)SSC(CCCCn1c(O)ccc1O)C(=O)O. The first kappa shape index (κ1) is 25.7. The predicted octanol–water partition coefficient (Wildman–Crippen LogP) is 3.44. The van der Waals surface area contributed by atoms with Gasteiger partial charge in [-0.15, -0.1) is 0 Å². The van der Waals surface area contributed by atoms with E-state index in [0.717, 1.165) is 21.6 Å². The van der Waals surface area contributed by atoms with Crippen molar-refractivity contribution in [2.24, 2.45) is 0 Å².